The van der Waals surface area contributed by atoms with Gasteiger partial charge in [0.05, 0.1) is 5.56 Å². The Morgan fingerprint density at radius 1 is 0.944 bits per heavy atom. The minimum absolute atomic E-state index is 0.0604. The zero-order chi connectivity index (χ0) is 26.3. The molecule has 1 aliphatic rings. The van der Waals surface area contributed by atoms with Crippen molar-refractivity contribution in [1.82, 2.24) is 0 Å². The molecular weight excluding hydrogens is 487 g/mol. The van der Waals surface area contributed by atoms with Gasteiger partial charge in [0.2, 0.25) is 34.9 Å². The molecule has 186 valence electrons. The molecule has 1 unspecified atom stereocenters. The standard InChI is InChI=1S/C26H17F5O5/c1-11-5-4-6-14(7-11)9-17-24(32)18-12(2)8-15(10-16(18)36-17)35-26(33)13(3)34-25-22(30)20(28)19(27)21(29)23(25)31/h4-10,13H,1-3H3/b17-9-. The van der Waals surface area contributed by atoms with Gasteiger partial charge >= 0.3 is 5.97 Å². The minimum Gasteiger partial charge on any atom is -0.473 e. The Kier molecular flexibility index (Phi) is 6.53. The first-order valence-corrected chi connectivity index (χ1v) is 10.5. The van der Waals surface area contributed by atoms with Crippen LogP contribution >= 0.6 is 0 Å². The number of rotatable bonds is 5. The van der Waals surface area contributed by atoms with Crippen LogP contribution in [0.3, 0.4) is 0 Å². The van der Waals surface area contributed by atoms with Gasteiger partial charge in [-0.3, -0.25) is 4.79 Å². The van der Waals surface area contributed by atoms with Crippen molar-refractivity contribution >= 4 is 17.8 Å². The molecule has 3 aromatic rings. The molecular formula is C26H17F5O5. The Hall–Kier alpha value is -4.21. The minimum atomic E-state index is -2.36. The highest BCUT2D eigenvalue weighted by molar-refractivity contribution is 6.15. The summed E-state index contributed by atoms with van der Waals surface area (Å²) in [6, 6.07) is 10.0. The maximum atomic E-state index is 13.9. The summed E-state index contributed by atoms with van der Waals surface area (Å²) >= 11 is 0. The molecule has 0 amide bonds. The first kappa shape index (κ1) is 24.9. The van der Waals surface area contributed by atoms with E-state index in [4.69, 9.17) is 14.2 Å². The molecule has 36 heavy (non-hydrogen) atoms. The lowest BCUT2D eigenvalue weighted by Gasteiger charge is -2.16. The summed E-state index contributed by atoms with van der Waals surface area (Å²) < 4.78 is 83.2. The topological polar surface area (TPSA) is 61.8 Å². The van der Waals surface area contributed by atoms with Crippen LogP contribution in [-0.2, 0) is 4.79 Å². The van der Waals surface area contributed by atoms with Crippen LogP contribution in [0.15, 0.2) is 42.2 Å². The summed E-state index contributed by atoms with van der Waals surface area (Å²) in [6.07, 6.45) is -0.188. The fourth-order valence-electron chi connectivity index (χ4n) is 3.56. The molecule has 0 bridgehead atoms. The first-order chi connectivity index (χ1) is 17.0. The molecule has 0 spiro atoms. The molecule has 0 N–H and O–H groups in total. The number of aryl methyl sites for hydroxylation is 2. The normalized spacial score (nSPS) is 14.4. The smallest absolute Gasteiger partial charge is 0.352 e. The zero-order valence-electron chi connectivity index (χ0n) is 19.0. The highest BCUT2D eigenvalue weighted by atomic mass is 19.2. The lowest BCUT2D eigenvalue weighted by Crippen LogP contribution is -2.29. The first-order valence-electron chi connectivity index (χ1n) is 10.5. The number of esters is 1. The SMILES string of the molecule is Cc1cccc(/C=C2\Oc3cc(OC(=O)C(C)Oc4c(F)c(F)c(F)c(F)c4F)cc(C)c3C2=O)c1. The largest absolute Gasteiger partial charge is 0.473 e. The van der Waals surface area contributed by atoms with Gasteiger partial charge in [-0.2, -0.15) is 8.78 Å². The number of benzene rings is 3. The van der Waals surface area contributed by atoms with Crippen molar-refractivity contribution in [3.63, 3.8) is 0 Å². The lowest BCUT2D eigenvalue weighted by atomic mass is 10.0. The number of ether oxygens (including phenoxy) is 3. The fourth-order valence-corrected chi connectivity index (χ4v) is 3.56. The van der Waals surface area contributed by atoms with E-state index in [9.17, 15) is 31.5 Å². The van der Waals surface area contributed by atoms with E-state index in [0.29, 0.717) is 5.56 Å². The number of carbonyl (C=O) groups excluding carboxylic acids is 2. The third-order valence-corrected chi connectivity index (χ3v) is 5.30. The Morgan fingerprint density at radius 2 is 1.58 bits per heavy atom. The second kappa shape index (κ2) is 9.44. The van der Waals surface area contributed by atoms with Crippen LogP contribution in [0.5, 0.6) is 17.2 Å². The van der Waals surface area contributed by atoms with Crippen molar-refractivity contribution in [1.29, 1.82) is 0 Å². The van der Waals surface area contributed by atoms with Crippen molar-refractivity contribution < 1.29 is 45.8 Å². The molecule has 4 rings (SSSR count). The van der Waals surface area contributed by atoms with Crippen molar-refractivity contribution in [2.24, 2.45) is 0 Å². The van der Waals surface area contributed by atoms with E-state index in [1.807, 2.05) is 25.1 Å². The Labute approximate surface area is 201 Å². The number of fused-ring (bicyclic) bond motifs is 1. The zero-order valence-corrected chi connectivity index (χ0v) is 19.0. The van der Waals surface area contributed by atoms with E-state index in [1.165, 1.54) is 12.1 Å². The summed E-state index contributed by atoms with van der Waals surface area (Å²) in [5, 5.41) is 0. The molecule has 1 heterocycles. The van der Waals surface area contributed by atoms with Gasteiger partial charge in [-0.25, -0.2) is 18.0 Å². The van der Waals surface area contributed by atoms with E-state index >= 15 is 0 Å². The fraction of sp³-hybridized carbons (Fsp3) is 0.154. The summed E-state index contributed by atoms with van der Waals surface area (Å²) in [4.78, 5) is 25.2. The predicted octanol–water partition coefficient (Wildman–Crippen LogP) is 5.99. The Balaban J connectivity index is 1.54. The van der Waals surface area contributed by atoms with E-state index < -0.39 is 46.9 Å². The van der Waals surface area contributed by atoms with Crippen LogP contribution in [0, 0.1) is 42.9 Å². The lowest BCUT2D eigenvalue weighted by molar-refractivity contribution is -0.141. The number of allylic oxidation sites excluding steroid dienone is 1. The molecule has 0 radical (unpaired) electrons. The van der Waals surface area contributed by atoms with Gasteiger partial charge in [-0.05, 0) is 44.0 Å². The third-order valence-electron chi connectivity index (χ3n) is 5.30. The van der Waals surface area contributed by atoms with E-state index in [1.54, 1.807) is 19.1 Å². The van der Waals surface area contributed by atoms with Gasteiger partial charge < -0.3 is 14.2 Å². The molecule has 0 aromatic heterocycles. The molecule has 0 saturated carbocycles. The molecule has 0 aliphatic carbocycles. The molecule has 0 fully saturated rings. The summed E-state index contributed by atoms with van der Waals surface area (Å²) in [5.74, 6) is -14.3. The summed E-state index contributed by atoms with van der Waals surface area (Å²) in [5.41, 5.74) is 2.41. The van der Waals surface area contributed by atoms with E-state index in [0.717, 1.165) is 18.1 Å². The van der Waals surface area contributed by atoms with Crippen LogP contribution in [0.4, 0.5) is 22.0 Å². The van der Waals surface area contributed by atoms with Crippen molar-refractivity contribution in [2.45, 2.75) is 26.9 Å². The monoisotopic (exact) mass is 504 g/mol. The van der Waals surface area contributed by atoms with Gasteiger partial charge in [0, 0.05) is 6.07 Å². The number of ketones is 1. The van der Waals surface area contributed by atoms with Crippen LogP contribution < -0.4 is 14.2 Å². The summed E-state index contributed by atoms with van der Waals surface area (Å²) in [7, 11) is 0. The number of Topliss-reactive ketones (excluding diaryl/α,β-unsaturated/α-hetero) is 1. The van der Waals surface area contributed by atoms with Crippen LogP contribution in [0.25, 0.3) is 6.08 Å². The highest BCUT2D eigenvalue weighted by Gasteiger charge is 2.32. The van der Waals surface area contributed by atoms with Crippen LogP contribution in [0.1, 0.15) is 34.0 Å². The van der Waals surface area contributed by atoms with Gasteiger partial charge in [0.1, 0.15) is 11.5 Å². The van der Waals surface area contributed by atoms with Crippen LogP contribution in [-0.4, -0.2) is 17.9 Å². The maximum absolute atomic E-state index is 13.9. The van der Waals surface area contributed by atoms with Crippen molar-refractivity contribution in [3.05, 3.63) is 93.5 Å². The van der Waals surface area contributed by atoms with Crippen molar-refractivity contribution in [2.75, 3.05) is 0 Å². The maximum Gasteiger partial charge on any atom is 0.352 e. The van der Waals surface area contributed by atoms with E-state index in [-0.39, 0.29) is 28.6 Å². The van der Waals surface area contributed by atoms with Crippen molar-refractivity contribution in [3.8, 4) is 17.2 Å². The molecule has 10 heteroatoms. The second-order valence-corrected chi connectivity index (χ2v) is 8.05. The number of hydrogen-bond donors (Lipinski definition) is 0. The molecule has 1 aliphatic heterocycles. The van der Waals surface area contributed by atoms with Crippen LogP contribution in [0.2, 0.25) is 0 Å². The van der Waals surface area contributed by atoms with Gasteiger partial charge in [0.25, 0.3) is 0 Å². The summed E-state index contributed by atoms with van der Waals surface area (Å²) in [6.45, 7) is 4.49. The molecule has 5 nitrogen and oxygen atoms in total. The Bertz CT molecular complexity index is 1420. The number of halogens is 5. The molecule has 1 atom stereocenters. The Morgan fingerprint density at radius 3 is 2.22 bits per heavy atom. The predicted molar refractivity (Wildman–Crippen MR) is 117 cm³/mol. The average Bonchev–Trinajstić information content (AvgIpc) is 3.14. The molecule has 3 aromatic carbocycles. The highest BCUT2D eigenvalue weighted by Crippen LogP contribution is 2.38. The quantitative estimate of drug-likeness (QED) is 0.107. The van der Waals surface area contributed by atoms with Gasteiger partial charge in [-0.1, -0.05) is 29.8 Å². The number of hydrogen-bond acceptors (Lipinski definition) is 5. The van der Waals surface area contributed by atoms with Gasteiger partial charge in [0.15, 0.2) is 17.6 Å². The average molecular weight is 504 g/mol. The van der Waals surface area contributed by atoms with E-state index in [2.05, 4.69) is 0 Å². The molecule has 0 saturated heterocycles. The second-order valence-electron chi connectivity index (χ2n) is 8.05. The van der Waals surface area contributed by atoms with Gasteiger partial charge in [-0.15, -0.1) is 0 Å². The number of carbonyl (C=O) groups is 2. The third kappa shape index (κ3) is 4.53.